The van der Waals surface area contributed by atoms with E-state index in [9.17, 15) is 19.7 Å². The van der Waals surface area contributed by atoms with Crippen molar-refractivity contribution >= 4 is 40.0 Å². The minimum absolute atomic E-state index is 0.0513. The Kier molecular flexibility index (Phi) is 9.30. The van der Waals surface area contributed by atoms with Crippen molar-refractivity contribution in [2.24, 2.45) is 0 Å². The molecular formula is C29H29ClN4O5. The third kappa shape index (κ3) is 7.01. The van der Waals surface area contributed by atoms with Crippen LogP contribution in [0.1, 0.15) is 21.5 Å². The van der Waals surface area contributed by atoms with Gasteiger partial charge >= 0.3 is 0 Å². The molecule has 1 aromatic heterocycles. The fraction of sp³-hybridized carbons (Fsp3) is 0.241. The number of aromatic nitrogens is 1. The maximum Gasteiger partial charge on any atom is 0.270 e. The molecule has 39 heavy (non-hydrogen) atoms. The van der Waals surface area contributed by atoms with Crippen LogP contribution in [-0.2, 0) is 22.5 Å². The number of aromatic amines is 1. The number of nitrogens with zero attached hydrogens (tertiary/aromatic N) is 3. The van der Waals surface area contributed by atoms with Crippen LogP contribution in [0.4, 0.5) is 5.69 Å². The van der Waals surface area contributed by atoms with E-state index in [1.807, 2.05) is 60.8 Å². The van der Waals surface area contributed by atoms with Crippen LogP contribution in [0.3, 0.4) is 0 Å². The summed E-state index contributed by atoms with van der Waals surface area (Å²) in [5, 5.41) is 12.1. The van der Waals surface area contributed by atoms with Crippen LogP contribution < -0.4 is 0 Å². The van der Waals surface area contributed by atoms with E-state index in [-0.39, 0.29) is 41.9 Å². The van der Waals surface area contributed by atoms with Crippen molar-refractivity contribution < 1.29 is 19.2 Å². The third-order valence-corrected chi connectivity index (χ3v) is 6.78. The summed E-state index contributed by atoms with van der Waals surface area (Å²) in [6.45, 7) is 0.983. The first-order valence-electron chi connectivity index (χ1n) is 12.5. The lowest BCUT2D eigenvalue weighted by Crippen LogP contribution is -2.44. The van der Waals surface area contributed by atoms with Crippen LogP contribution in [0.15, 0.2) is 79.0 Å². The molecule has 3 aromatic carbocycles. The smallest absolute Gasteiger partial charge is 0.270 e. The predicted molar refractivity (Wildman–Crippen MR) is 150 cm³/mol. The average Bonchev–Trinajstić information content (AvgIpc) is 3.36. The Hall–Kier alpha value is -4.21. The molecule has 1 heterocycles. The van der Waals surface area contributed by atoms with Crippen molar-refractivity contribution in [2.75, 3.05) is 33.4 Å². The highest BCUT2D eigenvalue weighted by Crippen LogP contribution is 2.24. The lowest BCUT2D eigenvalue weighted by atomic mass is 10.1. The van der Waals surface area contributed by atoms with Gasteiger partial charge in [-0.15, -0.1) is 0 Å². The summed E-state index contributed by atoms with van der Waals surface area (Å²) in [4.78, 5) is 43.9. The SMILES string of the molecule is COCCN(CC(=O)N(CCc1c[nH]c2ccccc12)Cc1ccccc1)C(=O)c1ccc([N+](=O)[O-])cc1Cl. The van der Waals surface area contributed by atoms with E-state index in [1.165, 1.54) is 24.1 Å². The minimum Gasteiger partial charge on any atom is -0.383 e. The number of hydrogen-bond donors (Lipinski definition) is 1. The van der Waals surface area contributed by atoms with Gasteiger partial charge in [-0.3, -0.25) is 19.7 Å². The summed E-state index contributed by atoms with van der Waals surface area (Å²) in [6, 6.07) is 21.3. The number of nitro groups is 1. The Morgan fingerprint density at radius 3 is 2.46 bits per heavy atom. The fourth-order valence-electron chi connectivity index (χ4n) is 4.37. The molecule has 4 rings (SSSR count). The first kappa shape index (κ1) is 27.8. The quantitative estimate of drug-likeness (QED) is 0.196. The number of para-hydroxylation sites is 1. The number of fused-ring (bicyclic) bond motifs is 1. The highest BCUT2D eigenvalue weighted by Gasteiger charge is 2.25. The van der Waals surface area contributed by atoms with Crippen molar-refractivity contribution in [3.8, 4) is 0 Å². The van der Waals surface area contributed by atoms with Crippen LogP contribution in [0.5, 0.6) is 0 Å². The summed E-state index contributed by atoms with van der Waals surface area (Å²) in [5.41, 5.74) is 2.96. The second-order valence-electron chi connectivity index (χ2n) is 9.05. The van der Waals surface area contributed by atoms with Gasteiger partial charge in [0.25, 0.3) is 11.6 Å². The predicted octanol–water partition coefficient (Wildman–Crippen LogP) is 5.09. The standard InChI is InChI=1S/C29H29ClN4O5/c1-39-16-15-33(29(36)25-12-11-23(34(37)38)17-26(25)30)20-28(35)32(19-21-7-3-2-4-8-21)14-13-22-18-31-27-10-6-5-9-24(22)27/h2-12,17-18,31H,13-16,19-20H2,1H3. The molecule has 0 radical (unpaired) electrons. The number of benzene rings is 3. The Balaban J connectivity index is 1.55. The molecule has 2 amide bonds. The fourth-order valence-corrected chi connectivity index (χ4v) is 4.62. The van der Waals surface area contributed by atoms with Crippen molar-refractivity contribution in [2.45, 2.75) is 13.0 Å². The summed E-state index contributed by atoms with van der Waals surface area (Å²) in [5.74, 6) is -0.738. The Bertz CT molecular complexity index is 1460. The number of non-ortho nitro benzene ring substituents is 1. The Morgan fingerprint density at radius 2 is 1.74 bits per heavy atom. The Labute approximate surface area is 231 Å². The molecule has 0 unspecified atom stereocenters. The molecule has 10 heteroatoms. The van der Waals surface area contributed by atoms with Crippen molar-refractivity contribution in [1.29, 1.82) is 0 Å². The van der Waals surface area contributed by atoms with Crippen LogP contribution in [0.2, 0.25) is 5.02 Å². The Morgan fingerprint density at radius 1 is 1.00 bits per heavy atom. The van der Waals surface area contributed by atoms with Gasteiger partial charge in [0.2, 0.25) is 5.91 Å². The van der Waals surface area contributed by atoms with Crippen molar-refractivity contribution in [1.82, 2.24) is 14.8 Å². The molecule has 0 spiro atoms. The first-order valence-corrected chi connectivity index (χ1v) is 12.8. The average molecular weight is 549 g/mol. The maximum atomic E-state index is 13.7. The highest BCUT2D eigenvalue weighted by atomic mass is 35.5. The first-order chi connectivity index (χ1) is 18.9. The van der Waals surface area contributed by atoms with Gasteiger partial charge in [-0.2, -0.15) is 0 Å². The van der Waals surface area contributed by atoms with Gasteiger partial charge in [0.1, 0.15) is 6.54 Å². The molecule has 0 aliphatic carbocycles. The number of hydrogen-bond acceptors (Lipinski definition) is 5. The second kappa shape index (κ2) is 13.0. The molecule has 0 fully saturated rings. The van der Waals surface area contributed by atoms with Crippen LogP contribution in [0.25, 0.3) is 10.9 Å². The van der Waals surface area contributed by atoms with Gasteiger partial charge in [-0.1, -0.05) is 60.1 Å². The van der Waals surface area contributed by atoms with Gasteiger partial charge in [0.05, 0.1) is 22.1 Å². The van der Waals surface area contributed by atoms with E-state index in [1.54, 1.807) is 4.90 Å². The lowest BCUT2D eigenvalue weighted by Gasteiger charge is -2.28. The number of ether oxygens (including phenoxy) is 1. The number of carbonyl (C=O) groups is 2. The maximum absolute atomic E-state index is 13.7. The van der Waals surface area contributed by atoms with Crippen molar-refractivity contribution in [3.63, 3.8) is 0 Å². The summed E-state index contributed by atoms with van der Waals surface area (Å²) in [6.07, 6.45) is 2.59. The topological polar surface area (TPSA) is 109 Å². The van der Waals surface area contributed by atoms with E-state index in [4.69, 9.17) is 16.3 Å². The third-order valence-electron chi connectivity index (χ3n) is 6.47. The minimum atomic E-state index is -0.582. The molecule has 0 aliphatic rings. The zero-order valence-electron chi connectivity index (χ0n) is 21.5. The largest absolute Gasteiger partial charge is 0.383 e. The van der Waals surface area contributed by atoms with Gasteiger partial charge in [-0.25, -0.2) is 0 Å². The normalized spacial score (nSPS) is 10.9. The summed E-state index contributed by atoms with van der Waals surface area (Å²) in [7, 11) is 1.51. The molecule has 0 saturated heterocycles. The van der Waals surface area contributed by atoms with E-state index >= 15 is 0 Å². The number of rotatable bonds is 12. The van der Waals surface area contributed by atoms with Gasteiger partial charge in [0.15, 0.2) is 0 Å². The van der Waals surface area contributed by atoms with E-state index in [2.05, 4.69) is 4.98 Å². The molecule has 0 aliphatic heterocycles. The molecule has 0 atom stereocenters. The number of carbonyl (C=O) groups excluding carboxylic acids is 2. The molecule has 4 aromatic rings. The molecule has 1 N–H and O–H groups in total. The summed E-state index contributed by atoms with van der Waals surface area (Å²) >= 11 is 6.23. The van der Waals surface area contributed by atoms with Gasteiger partial charge < -0.3 is 19.5 Å². The molecular weight excluding hydrogens is 520 g/mol. The number of nitrogens with one attached hydrogen (secondary N) is 1. The highest BCUT2D eigenvalue weighted by molar-refractivity contribution is 6.34. The number of methoxy groups -OCH3 is 1. The van der Waals surface area contributed by atoms with Crippen LogP contribution >= 0.6 is 11.6 Å². The van der Waals surface area contributed by atoms with Crippen molar-refractivity contribution in [3.05, 3.63) is 111 Å². The number of amides is 2. The second-order valence-corrected chi connectivity index (χ2v) is 9.46. The van der Waals surface area contributed by atoms with Crippen LogP contribution in [-0.4, -0.2) is 64.9 Å². The van der Waals surface area contributed by atoms with E-state index in [0.717, 1.165) is 28.1 Å². The van der Waals surface area contributed by atoms with Gasteiger partial charge in [0, 0.05) is 56.0 Å². The van der Waals surface area contributed by atoms with Gasteiger partial charge in [-0.05, 0) is 29.7 Å². The zero-order valence-corrected chi connectivity index (χ0v) is 22.3. The van der Waals surface area contributed by atoms with Crippen LogP contribution in [0, 0.1) is 10.1 Å². The molecule has 0 bridgehead atoms. The van der Waals surface area contributed by atoms with E-state index in [0.29, 0.717) is 19.5 Å². The zero-order chi connectivity index (χ0) is 27.8. The number of H-pyrrole nitrogens is 1. The lowest BCUT2D eigenvalue weighted by molar-refractivity contribution is -0.384. The number of halogens is 1. The summed E-state index contributed by atoms with van der Waals surface area (Å²) < 4.78 is 5.17. The van der Waals surface area contributed by atoms with E-state index < -0.39 is 10.8 Å². The monoisotopic (exact) mass is 548 g/mol. The molecule has 202 valence electrons. The molecule has 9 nitrogen and oxygen atoms in total. The number of nitro benzene ring substituents is 1. The molecule has 0 saturated carbocycles.